The highest BCUT2D eigenvalue weighted by Gasteiger charge is 2.10. The minimum Gasteiger partial charge on any atom is -0.253 e. The van der Waals surface area contributed by atoms with Crippen molar-refractivity contribution in [3.8, 4) is 0 Å². The summed E-state index contributed by atoms with van der Waals surface area (Å²) in [6.07, 6.45) is 15.0. The van der Waals surface area contributed by atoms with E-state index in [2.05, 4.69) is 55.5 Å². The molecule has 1 heteroatoms. The summed E-state index contributed by atoms with van der Waals surface area (Å²) in [6.45, 7) is 2.10. The summed E-state index contributed by atoms with van der Waals surface area (Å²) in [4.78, 5) is 4.72. The summed E-state index contributed by atoms with van der Waals surface area (Å²) < 4.78 is 0. The van der Waals surface area contributed by atoms with E-state index in [0.717, 1.165) is 24.2 Å². The van der Waals surface area contributed by atoms with E-state index in [1.165, 1.54) is 16.7 Å². The summed E-state index contributed by atoms with van der Waals surface area (Å²) in [5.41, 5.74) is 6.22. The van der Waals surface area contributed by atoms with Crippen molar-refractivity contribution in [2.75, 3.05) is 0 Å². The van der Waals surface area contributed by atoms with Crippen LogP contribution in [0.3, 0.4) is 0 Å². The lowest BCUT2D eigenvalue weighted by Crippen LogP contribution is -1.95. The molecule has 1 aromatic heterocycles. The van der Waals surface area contributed by atoms with Gasteiger partial charge in [0.1, 0.15) is 0 Å². The molecule has 0 fully saturated rings. The molecule has 0 bridgehead atoms. The minimum atomic E-state index is 1.01. The second-order valence-electron chi connectivity index (χ2n) is 4.48. The number of hydrogen-bond acceptors (Lipinski definition) is 1. The topological polar surface area (TPSA) is 12.9 Å². The third kappa shape index (κ3) is 1.89. The maximum Gasteiger partial charge on any atom is 0.0668 e. The molecule has 1 nitrogen and oxygen atoms in total. The minimum absolute atomic E-state index is 1.01. The molecule has 84 valence electrons. The van der Waals surface area contributed by atoms with Crippen molar-refractivity contribution in [1.82, 2.24) is 4.98 Å². The second-order valence-corrected chi connectivity index (χ2v) is 4.48. The second kappa shape index (κ2) is 4.17. The highest BCUT2D eigenvalue weighted by Crippen LogP contribution is 2.28. The number of nitrogens with zero attached hydrogens (tertiary/aromatic N) is 1. The number of allylic oxidation sites excluding steroid dienone is 8. The van der Waals surface area contributed by atoms with Crippen LogP contribution in [0, 0.1) is 6.92 Å². The Kier molecular flexibility index (Phi) is 2.52. The first-order valence-electron chi connectivity index (χ1n) is 6.04. The largest absolute Gasteiger partial charge is 0.253 e. The van der Waals surface area contributed by atoms with Crippen molar-refractivity contribution in [1.29, 1.82) is 0 Å². The number of aromatic nitrogens is 1. The highest BCUT2D eigenvalue weighted by molar-refractivity contribution is 5.74. The molecule has 0 N–H and O–H groups in total. The van der Waals surface area contributed by atoms with Gasteiger partial charge in [-0.15, -0.1) is 0 Å². The molecule has 2 aliphatic carbocycles. The van der Waals surface area contributed by atoms with Crippen LogP contribution in [0.15, 0.2) is 48.6 Å². The molecule has 0 spiro atoms. The molecule has 0 atom stereocenters. The Morgan fingerprint density at radius 3 is 2.24 bits per heavy atom. The van der Waals surface area contributed by atoms with Crippen LogP contribution in [0.2, 0.25) is 0 Å². The Morgan fingerprint density at radius 1 is 0.941 bits per heavy atom. The van der Waals surface area contributed by atoms with E-state index in [9.17, 15) is 0 Å². The summed E-state index contributed by atoms with van der Waals surface area (Å²) in [7, 11) is 0. The molecule has 0 saturated heterocycles. The fraction of sp³-hybridized carbons (Fsp3) is 0.188. The maximum atomic E-state index is 4.72. The molecular weight excluding hydrogens is 206 g/mol. The number of rotatable bonds is 2. The van der Waals surface area contributed by atoms with E-state index in [4.69, 9.17) is 4.98 Å². The van der Waals surface area contributed by atoms with Crippen LogP contribution in [0.25, 0.3) is 11.1 Å². The SMILES string of the molecule is Cc1nc(C2=CC=CC2)ccc1C1=CC=CC1. The summed E-state index contributed by atoms with van der Waals surface area (Å²) in [5, 5.41) is 0. The molecule has 17 heavy (non-hydrogen) atoms. The van der Waals surface area contributed by atoms with E-state index in [0.29, 0.717) is 0 Å². The average molecular weight is 221 g/mol. The van der Waals surface area contributed by atoms with Crippen LogP contribution in [0.5, 0.6) is 0 Å². The zero-order valence-corrected chi connectivity index (χ0v) is 9.98. The van der Waals surface area contributed by atoms with Crippen LogP contribution in [-0.2, 0) is 0 Å². The van der Waals surface area contributed by atoms with Gasteiger partial charge in [0.15, 0.2) is 0 Å². The number of hydrogen-bond donors (Lipinski definition) is 0. The van der Waals surface area contributed by atoms with Crippen molar-refractivity contribution in [2.45, 2.75) is 19.8 Å². The molecular formula is C16H15N. The lowest BCUT2D eigenvalue weighted by atomic mass is 10.0. The van der Waals surface area contributed by atoms with Crippen LogP contribution in [0.4, 0.5) is 0 Å². The Morgan fingerprint density at radius 2 is 1.65 bits per heavy atom. The fourth-order valence-electron chi connectivity index (χ4n) is 2.36. The van der Waals surface area contributed by atoms with Crippen molar-refractivity contribution in [3.05, 3.63) is 65.5 Å². The Balaban J connectivity index is 1.94. The monoisotopic (exact) mass is 221 g/mol. The van der Waals surface area contributed by atoms with Gasteiger partial charge in [-0.25, -0.2) is 0 Å². The Hall–Kier alpha value is -1.89. The molecule has 3 rings (SSSR count). The van der Waals surface area contributed by atoms with Crippen LogP contribution < -0.4 is 0 Å². The summed E-state index contributed by atoms with van der Waals surface area (Å²) in [5.74, 6) is 0. The summed E-state index contributed by atoms with van der Waals surface area (Å²) in [6, 6.07) is 4.34. The lowest BCUT2D eigenvalue weighted by Gasteiger charge is -2.09. The molecule has 0 unspecified atom stereocenters. The lowest BCUT2D eigenvalue weighted by molar-refractivity contribution is 1.14. The third-order valence-electron chi connectivity index (χ3n) is 3.30. The smallest absolute Gasteiger partial charge is 0.0668 e. The zero-order valence-electron chi connectivity index (χ0n) is 9.98. The summed E-state index contributed by atoms with van der Waals surface area (Å²) >= 11 is 0. The van der Waals surface area contributed by atoms with E-state index in [1.54, 1.807) is 0 Å². The van der Waals surface area contributed by atoms with Gasteiger partial charge in [-0.1, -0.05) is 42.5 Å². The van der Waals surface area contributed by atoms with Gasteiger partial charge in [0, 0.05) is 5.69 Å². The first-order chi connectivity index (χ1) is 8.34. The molecule has 1 aromatic rings. The van der Waals surface area contributed by atoms with Gasteiger partial charge < -0.3 is 0 Å². The normalized spacial score (nSPS) is 17.5. The van der Waals surface area contributed by atoms with E-state index in [-0.39, 0.29) is 0 Å². The fourth-order valence-corrected chi connectivity index (χ4v) is 2.36. The van der Waals surface area contributed by atoms with Gasteiger partial charge >= 0.3 is 0 Å². The maximum absolute atomic E-state index is 4.72. The zero-order chi connectivity index (χ0) is 11.7. The first-order valence-corrected chi connectivity index (χ1v) is 6.04. The highest BCUT2D eigenvalue weighted by atomic mass is 14.7. The van der Waals surface area contributed by atoms with Crippen molar-refractivity contribution in [3.63, 3.8) is 0 Å². The molecule has 0 amide bonds. The van der Waals surface area contributed by atoms with Gasteiger partial charge in [0.05, 0.1) is 5.69 Å². The van der Waals surface area contributed by atoms with Crippen molar-refractivity contribution < 1.29 is 0 Å². The number of pyridine rings is 1. The predicted molar refractivity (Wildman–Crippen MR) is 72.4 cm³/mol. The standard InChI is InChI=1S/C16H15N/c1-12-15(13-6-2-3-7-13)10-11-16(17-12)14-8-4-5-9-14/h2-6,8,10-11H,7,9H2,1H3. The van der Waals surface area contributed by atoms with E-state index in [1.807, 2.05) is 0 Å². The van der Waals surface area contributed by atoms with Gasteiger partial charge in [0.25, 0.3) is 0 Å². The van der Waals surface area contributed by atoms with Gasteiger partial charge in [0.2, 0.25) is 0 Å². The molecule has 2 aliphatic rings. The van der Waals surface area contributed by atoms with Gasteiger partial charge in [-0.2, -0.15) is 0 Å². The Labute approximate surface area is 102 Å². The quantitative estimate of drug-likeness (QED) is 0.733. The van der Waals surface area contributed by atoms with Crippen molar-refractivity contribution >= 4 is 11.1 Å². The molecule has 0 aliphatic heterocycles. The molecule has 0 aromatic carbocycles. The van der Waals surface area contributed by atoms with Crippen molar-refractivity contribution in [2.24, 2.45) is 0 Å². The predicted octanol–water partition coefficient (Wildman–Crippen LogP) is 4.08. The third-order valence-corrected chi connectivity index (χ3v) is 3.30. The molecule has 1 heterocycles. The molecule has 0 radical (unpaired) electrons. The van der Waals surface area contributed by atoms with E-state index >= 15 is 0 Å². The molecule has 0 saturated carbocycles. The van der Waals surface area contributed by atoms with Crippen LogP contribution in [-0.4, -0.2) is 4.98 Å². The first kappa shape index (κ1) is 10.3. The van der Waals surface area contributed by atoms with E-state index < -0.39 is 0 Å². The van der Waals surface area contributed by atoms with Gasteiger partial charge in [-0.05, 0) is 42.5 Å². The Bertz CT molecular complexity index is 571. The number of aryl methyl sites for hydroxylation is 1. The average Bonchev–Trinajstić information content (AvgIpc) is 3.02. The van der Waals surface area contributed by atoms with Crippen LogP contribution in [0.1, 0.15) is 29.8 Å². The van der Waals surface area contributed by atoms with Gasteiger partial charge in [-0.3, -0.25) is 4.98 Å². The van der Waals surface area contributed by atoms with Crippen LogP contribution >= 0.6 is 0 Å².